The summed E-state index contributed by atoms with van der Waals surface area (Å²) in [6.07, 6.45) is 1.54. The van der Waals surface area contributed by atoms with Crippen LogP contribution in [0.3, 0.4) is 0 Å². The Labute approximate surface area is 110 Å². The van der Waals surface area contributed by atoms with Crippen molar-refractivity contribution in [3.05, 3.63) is 17.5 Å². The van der Waals surface area contributed by atoms with E-state index in [2.05, 4.69) is 15.8 Å². The molecule has 7 heteroatoms. The van der Waals surface area contributed by atoms with Crippen molar-refractivity contribution in [2.75, 3.05) is 13.2 Å². The minimum Gasteiger partial charge on any atom is -0.364 e. The highest BCUT2D eigenvalue weighted by atomic mass is 16.5. The second-order valence-corrected chi connectivity index (χ2v) is 4.48. The Bertz CT molecular complexity index is 458. The number of carbonyl (C=O) groups is 2. The molecule has 0 spiro atoms. The van der Waals surface area contributed by atoms with Crippen molar-refractivity contribution in [2.45, 2.75) is 32.4 Å². The maximum Gasteiger partial charge on any atom is 0.246 e. The highest BCUT2D eigenvalue weighted by molar-refractivity contribution is 5.88. The molecule has 0 saturated carbocycles. The summed E-state index contributed by atoms with van der Waals surface area (Å²) in [4.78, 5) is 23.0. The number of amides is 2. The van der Waals surface area contributed by atoms with Gasteiger partial charge in [-0.1, -0.05) is 5.16 Å². The number of nitrogens with zero attached hydrogens (tertiary/aromatic N) is 1. The molecule has 19 heavy (non-hydrogen) atoms. The summed E-state index contributed by atoms with van der Waals surface area (Å²) in [5.41, 5.74) is 0.766. The molecule has 2 amide bonds. The molecule has 2 rings (SSSR count). The molecule has 0 radical (unpaired) electrons. The van der Waals surface area contributed by atoms with E-state index in [-0.39, 0.29) is 25.0 Å². The van der Waals surface area contributed by atoms with Crippen LogP contribution in [0.4, 0.5) is 0 Å². The van der Waals surface area contributed by atoms with E-state index in [1.165, 1.54) is 0 Å². The van der Waals surface area contributed by atoms with Crippen LogP contribution >= 0.6 is 0 Å². The van der Waals surface area contributed by atoms with Crippen molar-refractivity contribution >= 4 is 11.8 Å². The number of aromatic nitrogens is 1. The Kier molecular flexibility index (Phi) is 4.51. The number of ether oxygens (including phenoxy) is 1. The first-order valence-electron chi connectivity index (χ1n) is 6.22. The molecule has 1 fully saturated rings. The van der Waals surface area contributed by atoms with Gasteiger partial charge in [-0.05, 0) is 19.8 Å². The van der Waals surface area contributed by atoms with Crippen LogP contribution in [0.25, 0.3) is 0 Å². The fourth-order valence-electron chi connectivity index (χ4n) is 1.87. The maximum atomic E-state index is 11.6. The predicted octanol–water partition coefficient (Wildman–Crippen LogP) is -0.106. The SMILES string of the molecule is Cc1cc(COCC(=O)NC2CCCNC2=O)on1. The Balaban J connectivity index is 1.68. The summed E-state index contributed by atoms with van der Waals surface area (Å²) in [5.74, 6) is 0.129. The first-order valence-corrected chi connectivity index (χ1v) is 6.22. The first-order chi connectivity index (χ1) is 9.15. The van der Waals surface area contributed by atoms with Crippen LogP contribution in [0, 0.1) is 6.92 Å². The van der Waals surface area contributed by atoms with Crippen molar-refractivity contribution in [2.24, 2.45) is 0 Å². The fourth-order valence-corrected chi connectivity index (χ4v) is 1.87. The second kappa shape index (κ2) is 6.33. The molecule has 1 aromatic heterocycles. The predicted molar refractivity (Wildman–Crippen MR) is 65.1 cm³/mol. The number of hydrogen-bond acceptors (Lipinski definition) is 5. The third-order valence-corrected chi connectivity index (χ3v) is 2.77. The Morgan fingerprint density at radius 2 is 2.53 bits per heavy atom. The average Bonchev–Trinajstić information content (AvgIpc) is 2.78. The van der Waals surface area contributed by atoms with E-state index in [1.807, 2.05) is 0 Å². The highest BCUT2D eigenvalue weighted by Crippen LogP contribution is 2.04. The molecule has 1 aliphatic rings. The summed E-state index contributed by atoms with van der Waals surface area (Å²) < 4.78 is 10.1. The minimum absolute atomic E-state index is 0.108. The van der Waals surface area contributed by atoms with Gasteiger partial charge in [0.1, 0.15) is 19.3 Å². The van der Waals surface area contributed by atoms with Crippen molar-refractivity contribution < 1.29 is 18.8 Å². The van der Waals surface area contributed by atoms with Gasteiger partial charge in [0.05, 0.1) is 5.69 Å². The summed E-state index contributed by atoms with van der Waals surface area (Å²) >= 11 is 0. The summed E-state index contributed by atoms with van der Waals surface area (Å²) in [6, 6.07) is 1.30. The quantitative estimate of drug-likeness (QED) is 0.776. The monoisotopic (exact) mass is 267 g/mol. The lowest BCUT2D eigenvalue weighted by molar-refractivity contribution is -0.132. The van der Waals surface area contributed by atoms with Gasteiger partial charge in [0.15, 0.2) is 5.76 Å². The smallest absolute Gasteiger partial charge is 0.246 e. The Morgan fingerprint density at radius 1 is 1.68 bits per heavy atom. The zero-order chi connectivity index (χ0) is 13.7. The van der Waals surface area contributed by atoms with Gasteiger partial charge in [0, 0.05) is 12.6 Å². The number of carbonyl (C=O) groups excluding carboxylic acids is 2. The number of piperidine rings is 1. The lowest BCUT2D eigenvalue weighted by atomic mass is 10.1. The molecule has 1 saturated heterocycles. The van der Waals surface area contributed by atoms with E-state index >= 15 is 0 Å². The van der Waals surface area contributed by atoms with Gasteiger partial charge in [0.25, 0.3) is 0 Å². The van der Waals surface area contributed by atoms with Gasteiger partial charge in [-0.25, -0.2) is 0 Å². The molecule has 2 N–H and O–H groups in total. The molecule has 0 bridgehead atoms. The van der Waals surface area contributed by atoms with E-state index in [0.29, 0.717) is 18.7 Å². The van der Waals surface area contributed by atoms with Crippen molar-refractivity contribution in [1.29, 1.82) is 0 Å². The lowest BCUT2D eigenvalue weighted by Gasteiger charge is -2.22. The van der Waals surface area contributed by atoms with Gasteiger partial charge in [0.2, 0.25) is 11.8 Å². The summed E-state index contributed by atoms with van der Waals surface area (Å²) in [7, 11) is 0. The molecule has 0 aromatic carbocycles. The van der Waals surface area contributed by atoms with Gasteiger partial charge in [-0.15, -0.1) is 0 Å². The van der Waals surface area contributed by atoms with Crippen LogP contribution in [-0.4, -0.2) is 36.2 Å². The Hall–Kier alpha value is -1.89. The van der Waals surface area contributed by atoms with E-state index < -0.39 is 6.04 Å². The first kappa shape index (κ1) is 13.5. The normalized spacial score (nSPS) is 19.0. The highest BCUT2D eigenvalue weighted by Gasteiger charge is 2.23. The number of aryl methyl sites for hydroxylation is 1. The largest absolute Gasteiger partial charge is 0.364 e. The third-order valence-electron chi connectivity index (χ3n) is 2.77. The second-order valence-electron chi connectivity index (χ2n) is 4.48. The topological polar surface area (TPSA) is 93.5 Å². The minimum atomic E-state index is -0.447. The van der Waals surface area contributed by atoms with E-state index in [9.17, 15) is 9.59 Å². The van der Waals surface area contributed by atoms with Crippen molar-refractivity contribution in [3.8, 4) is 0 Å². The van der Waals surface area contributed by atoms with E-state index in [1.54, 1.807) is 13.0 Å². The molecular formula is C12H17N3O4. The number of hydrogen-bond donors (Lipinski definition) is 2. The average molecular weight is 267 g/mol. The lowest BCUT2D eigenvalue weighted by Crippen LogP contribution is -2.50. The summed E-state index contributed by atoms with van der Waals surface area (Å²) in [6.45, 7) is 2.56. The van der Waals surface area contributed by atoms with Crippen LogP contribution in [0.15, 0.2) is 10.6 Å². The Morgan fingerprint density at radius 3 is 3.21 bits per heavy atom. The van der Waals surface area contributed by atoms with Gasteiger partial charge >= 0.3 is 0 Å². The zero-order valence-corrected chi connectivity index (χ0v) is 10.8. The zero-order valence-electron chi connectivity index (χ0n) is 10.8. The fraction of sp³-hybridized carbons (Fsp3) is 0.583. The third kappa shape index (κ3) is 4.06. The van der Waals surface area contributed by atoms with Crippen LogP contribution in [0.1, 0.15) is 24.3 Å². The molecule has 7 nitrogen and oxygen atoms in total. The van der Waals surface area contributed by atoms with Gasteiger partial charge < -0.3 is 19.9 Å². The van der Waals surface area contributed by atoms with Crippen LogP contribution < -0.4 is 10.6 Å². The van der Waals surface area contributed by atoms with Gasteiger partial charge in [-0.3, -0.25) is 9.59 Å². The molecule has 1 atom stereocenters. The maximum absolute atomic E-state index is 11.6. The van der Waals surface area contributed by atoms with Crippen molar-refractivity contribution in [1.82, 2.24) is 15.8 Å². The van der Waals surface area contributed by atoms with Crippen LogP contribution in [-0.2, 0) is 20.9 Å². The molecule has 2 heterocycles. The van der Waals surface area contributed by atoms with E-state index in [0.717, 1.165) is 12.1 Å². The molecule has 104 valence electrons. The molecule has 1 unspecified atom stereocenters. The molecule has 1 aromatic rings. The molecule has 1 aliphatic heterocycles. The van der Waals surface area contributed by atoms with Crippen LogP contribution in [0.2, 0.25) is 0 Å². The van der Waals surface area contributed by atoms with Crippen LogP contribution in [0.5, 0.6) is 0 Å². The number of nitrogens with one attached hydrogen (secondary N) is 2. The van der Waals surface area contributed by atoms with Crippen molar-refractivity contribution in [3.63, 3.8) is 0 Å². The van der Waals surface area contributed by atoms with Gasteiger partial charge in [-0.2, -0.15) is 0 Å². The summed E-state index contributed by atoms with van der Waals surface area (Å²) in [5, 5.41) is 9.05. The standard InChI is InChI=1S/C12H17N3O4/c1-8-5-9(19-15-8)6-18-7-11(16)14-10-3-2-4-13-12(10)17/h5,10H,2-4,6-7H2,1H3,(H,13,17)(H,14,16). The molecule has 0 aliphatic carbocycles. The molecular weight excluding hydrogens is 250 g/mol. The number of rotatable bonds is 5. The van der Waals surface area contributed by atoms with E-state index in [4.69, 9.17) is 9.26 Å².